The van der Waals surface area contributed by atoms with E-state index in [0.29, 0.717) is 17.6 Å². The summed E-state index contributed by atoms with van der Waals surface area (Å²) in [6.07, 6.45) is 4.22. The maximum Gasteiger partial charge on any atom is 0.139 e. The molecule has 0 bridgehead atoms. The smallest absolute Gasteiger partial charge is 0.139 e. The number of rotatable bonds is 0. The van der Waals surface area contributed by atoms with Crippen molar-refractivity contribution < 1.29 is 4.79 Å². The fourth-order valence-electron chi connectivity index (χ4n) is 2.72. The first-order chi connectivity index (χ1) is 5.53. The lowest BCUT2D eigenvalue weighted by Crippen LogP contribution is -2.25. The lowest BCUT2D eigenvalue weighted by molar-refractivity contribution is -0.125. The van der Waals surface area contributed by atoms with Crippen molar-refractivity contribution in [1.82, 2.24) is 0 Å². The topological polar surface area (TPSA) is 17.1 Å². The van der Waals surface area contributed by atoms with Crippen molar-refractivity contribution in [3.05, 3.63) is 11.6 Å². The number of carbonyl (C=O) groups is 1. The van der Waals surface area contributed by atoms with Gasteiger partial charge in [0.2, 0.25) is 0 Å². The van der Waals surface area contributed by atoms with Gasteiger partial charge in [0.05, 0.1) is 0 Å². The van der Waals surface area contributed by atoms with Gasteiger partial charge in [0.15, 0.2) is 0 Å². The molecule has 1 fully saturated rings. The van der Waals surface area contributed by atoms with Gasteiger partial charge in [-0.3, -0.25) is 4.79 Å². The molecular weight excluding hydrogens is 148 g/mol. The third kappa shape index (κ3) is 0.825. The van der Waals surface area contributed by atoms with Crippen LogP contribution >= 0.6 is 0 Å². The standard InChI is InChI=1S/C11H16O/c1-7-4-5-9-8(7)6-10(12)11(9,2)3/h4,8-9H,5-6H2,1-3H3. The first kappa shape index (κ1) is 8.03. The Morgan fingerprint density at radius 1 is 1.50 bits per heavy atom. The summed E-state index contributed by atoms with van der Waals surface area (Å²) in [6.45, 7) is 6.37. The molecule has 12 heavy (non-hydrogen) atoms. The van der Waals surface area contributed by atoms with Gasteiger partial charge in [0.25, 0.3) is 0 Å². The van der Waals surface area contributed by atoms with Crippen molar-refractivity contribution in [2.24, 2.45) is 17.3 Å². The van der Waals surface area contributed by atoms with E-state index in [1.807, 2.05) is 0 Å². The van der Waals surface area contributed by atoms with Gasteiger partial charge in [-0.1, -0.05) is 25.5 Å². The molecule has 2 aliphatic carbocycles. The molecule has 1 saturated carbocycles. The molecule has 0 N–H and O–H groups in total. The van der Waals surface area contributed by atoms with Gasteiger partial charge < -0.3 is 0 Å². The van der Waals surface area contributed by atoms with Crippen LogP contribution in [0.15, 0.2) is 11.6 Å². The number of allylic oxidation sites excluding steroid dienone is 2. The summed E-state index contributed by atoms with van der Waals surface area (Å²) < 4.78 is 0. The Morgan fingerprint density at radius 3 is 2.75 bits per heavy atom. The second-order valence-corrected chi connectivity index (χ2v) is 4.75. The first-order valence-corrected chi connectivity index (χ1v) is 4.73. The van der Waals surface area contributed by atoms with Gasteiger partial charge in [-0.25, -0.2) is 0 Å². The molecule has 1 nitrogen and oxygen atoms in total. The molecule has 0 aromatic heterocycles. The lowest BCUT2D eigenvalue weighted by Gasteiger charge is -2.24. The molecule has 0 aromatic carbocycles. The van der Waals surface area contributed by atoms with E-state index >= 15 is 0 Å². The molecule has 0 aromatic rings. The van der Waals surface area contributed by atoms with Gasteiger partial charge in [-0.05, 0) is 25.2 Å². The van der Waals surface area contributed by atoms with Crippen LogP contribution in [0.1, 0.15) is 33.6 Å². The van der Waals surface area contributed by atoms with Crippen molar-refractivity contribution in [2.45, 2.75) is 33.6 Å². The maximum absolute atomic E-state index is 11.6. The van der Waals surface area contributed by atoms with Crippen molar-refractivity contribution in [3.8, 4) is 0 Å². The Morgan fingerprint density at radius 2 is 2.17 bits per heavy atom. The van der Waals surface area contributed by atoms with Crippen molar-refractivity contribution in [1.29, 1.82) is 0 Å². The molecule has 0 radical (unpaired) electrons. The predicted molar refractivity (Wildman–Crippen MR) is 48.8 cm³/mol. The zero-order valence-corrected chi connectivity index (χ0v) is 8.05. The second-order valence-electron chi connectivity index (χ2n) is 4.75. The minimum absolute atomic E-state index is 0.0566. The summed E-state index contributed by atoms with van der Waals surface area (Å²) in [5.74, 6) is 1.64. The number of carbonyl (C=O) groups excluding carboxylic acids is 1. The number of hydrogen-bond donors (Lipinski definition) is 0. The molecule has 2 rings (SSSR count). The van der Waals surface area contributed by atoms with E-state index in [-0.39, 0.29) is 5.41 Å². The van der Waals surface area contributed by atoms with E-state index in [4.69, 9.17) is 0 Å². The Balaban J connectivity index is 2.32. The van der Waals surface area contributed by atoms with Crippen LogP contribution in [0.25, 0.3) is 0 Å². The van der Waals surface area contributed by atoms with Gasteiger partial charge in [-0.15, -0.1) is 0 Å². The zero-order chi connectivity index (χ0) is 8.93. The third-order valence-corrected chi connectivity index (χ3v) is 3.82. The summed E-state index contributed by atoms with van der Waals surface area (Å²) in [6, 6.07) is 0. The van der Waals surface area contributed by atoms with E-state index in [0.717, 1.165) is 12.8 Å². The van der Waals surface area contributed by atoms with Crippen LogP contribution in [-0.2, 0) is 4.79 Å². The minimum atomic E-state index is -0.0566. The largest absolute Gasteiger partial charge is 0.299 e. The van der Waals surface area contributed by atoms with Gasteiger partial charge in [0.1, 0.15) is 5.78 Å². The monoisotopic (exact) mass is 164 g/mol. The number of fused-ring (bicyclic) bond motifs is 1. The Hall–Kier alpha value is -0.590. The third-order valence-electron chi connectivity index (χ3n) is 3.82. The average molecular weight is 164 g/mol. The summed E-state index contributed by atoms with van der Waals surface area (Å²) in [4.78, 5) is 11.6. The van der Waals surface area contributed by atoms with E-state index in [1.165, 1.54) is 5.57 Å². The highest BCUT2D eigenvalue weighted by Gasteiger charge is 2.49. The van der Waals surface area contributed by atoms with Crippen LogP contribution in [0.5, 0.6) is 0 Å². The minimum Gasteiger partial charge on any atom is -0.299 e. The highest BCUT2D eigenvalue weighted by Crippen LogP contribution is 2.51. The van der Waals surface area contributed by atoms with Gasteiger partial charge in [0, 0.05) is 11.8 Å². The van der Waals surface area contributed by atoms with Crippen LogP contribution in [0.4, 0.5) is 0 Å². The molecular formula is C11H16O. The molecule has 66 valence electrons. The van der Waals surface area contributed by atoms with Crippen molar-refractivity contribution in [2.75, 3.05) is 0 Å². The summed E-state index contributed by atoms with van der Waals surface area (Å²) >= 11 is 0. The Kier molecular flexibility index (Phi) is 1.48. The van der Waals surface area contributed by atoms with Gasteiger partial charge in [-0.2, -0.15) is 0 Å². The van der Waals surface area contributed by atoms with Crippen LogP contribution in [0.3, 0.4) is 0 Å². The first-order valence-electron chi connectivity index (χ1n) is 4.73. The molecule has 1 heteroatoms. The summed E-state index contributed by atoms with van der Waals surface area (Å²) in [5, 5.41) is 0. The molecule has 2 aliphatic rings. The average Bonchev–Trinajstić information content (AvgIpc) is 2.41. The fourth-order valence-corrected chi connectivity index (χ4v) is 2.72. The lowest BCUT2D eigenvalue weighted by atomic mass is 9.78. The van der Waals surface area contributed by atoms with E-state index in [1.54, 1.807) is 0 Å². The molecule has 0 aliphatic heterocycles. The van der Waals surface area contributed by atoms with Crippen LogP contribution in [0, 0.1) is 17.3 Å². The van der Waals surface area contributed by atoms with Crippen LogP contribution in [0.2, 0.25) is 0 Å². The summed E-state index contributed by atoms with van der Waals surface area (Å²) in [7, 11) is 0. The molecule has 0 spiro atoms. The number of ketones is 1. The normalized spacial score (nSPS) is 38.2. The zero-order valence-electron chi connectivity index (χ0n) is 8.05. The fraction of sp³-hybridized carbons (Fsp3) is 0.727. The summed E-state index contributed by atoms with van der Waals surface area (Å²) in [5.41, 5.74) is 1.39. The highest BCUT2D eigenvalue weighted by atomic mass is 16.1. The molecule has 0 heterocycles. The van der Waals surface area contributed by atoms with Crippen molar-refractivity contribution in [3.63, 3.8) is 0 Å². The second kappa shape index (κ2) is 2.21. The van der Waals surface area contributed by atoms with Crippen LogP contribution < -0.4 is 0 Å². The Bertz CT molecular complexity index is 260. The number of Topliss-reactive ketones (excluding diaryl/α,β-unsaturated/α-hetero) is 1. The molecule has 0 saturated heterocycles. The van der Waals surface area contributed by atoms with Crippen molar-refractivity contribution >= 4 is 5.78 Å². The molecule has 0 amide bonds. The predicted octanol–water partition coefficient (Wildman–Crippen LogP) is 2.57. The maximum atomic E-state index is 11.6. The molecule has 2 unspecified atom stereocenters. The van der Waals surface area contributed by atoms with E-state index in [9.17, 15) is 4.79 Å². The quantitative estimate of drug-likeness (QED) is 0.503. The van der Waals surface area contributed by atoms with E-state index < -0.39 is 0 Å². The van der Waals surface area contributed by atoms with Gasteiger partial charge >= 0.3 is 0 Å². The molecule has 2 atom stereocenters. The van der Waals surface area contributed by atoms with E-state index in [2.05, 4.69) is 26.8 Å². The highest BCUT2D eigenvalue weighted by molar-refractivity contribution is 5.87. The Labute approximate surface area is 73.8 Å². The SMILES string of the molecule is CC1=CCC2C1CC(=O)C2(C)C. The van der Waals surface area contributed by atoms with Crippen LogP contribution in [-0.4, -0.2) is 5.78 Å². The number of hydrogen-bond acceptors (Lipinski definition) is 1.